The summed E-state index contributed by atoms with van der Waals surface area (Å²) in [6.07, 6.45) is 2.04. The highest BCUT2D eigenvalue weighted by atomic mass is 16.3. The van der Waals surface area contributed by atoms with Crippen LogP contribution in [0.3, 0.4) is 0 Å². The van der Waals surface area contributed by atoms with E-state index in [1.807, 2.05) is 38.1 Å². The molecule has 1 aromatic carbocycles. The van der Waals surface area contributed by atoms with Crippen LogP contribution in [0.15, 0.2) is 24.3 Å². The Bertz CT molecular complexity index is 627. The Morgan fingerprint density at radius 1 is 1.30 bits per heavy atom. The molecule has 0 aromatic heterocycles. The highest BCUT2D eigenvalue weighted by Crippen LogP contribution is 2.19. The molecule has 27 heavy (non-hydrogen) atoms. The maximum absolute atomic E-state index is 12.1. The summed E-state index contributed by atoms with van der Waals surface area (Å²) in [6.45, 7) is 6.67. The van der Waals surface area contributed by atoms with E-state index < -0.39 is 6.04 Å². The van der Waals surface area contributed by atoms with E-state index in [4.69, 9.17) is 5.73 Å². The first-order valence-electron chi connectivity index (χ1n) is 9.64. The minimum Gasteiger partial charge on any atom is -0.396 e. The third kappa shape index (κ3) is 6.93. The topological polar surface area (TPSA) is 108 Å². The number of carbonyl (C=O) groups is 2. The zero-order valence-corrected chi connectivity index (χ0v) is 16.3. The third-order valence-electron chi connectivity index (χ3n) is 5.03. The van der Waals surface area contributed by atoms with Crippen LogP contribution in [0.25, 0.3) is 0 Å². The van der Waals surface area contributed by atoms with E-state index in [-0.39, 0.29) is 30.9 Å². The number of piperidine rings is 1. The van der Waals surface area contributed by atoms with Gasteiger partial charge in [-0.05, 0) is 55.5 Å². The number of aliphatic hydroxyl groups excluding tert-OH is 1. The van der Waals surface area contributed by atoms with Crippen molar-refractivity contribution in [3.8, 4) is 0 Å². The fourth-order valence-electron chi connectivity index (χ4n) is 3.13. The molecule has 0 aliphatic carbocycles. The van der Waals surface area contributed by atoms with E-state index in [1.165, 1.54) is 0 Å². The molecule has 5 N–H and O–H groups in total. The van der Waals surface area contributed by atoms with Crippen molar-refractivity contribution in [2.75, 3.05) is 31.6 Å². The van der Waals surface area contributed by atoms with Crippen LogP contribution in [-0.4, -0.2) is 54.1 Å². The minimum atomic E-state index is -0.615. The predicted molar refractivity (Wildman–Crippen MR) is 106 cm³/mol. The van der Waals surface area contributed by atoms with Gasteiger partial charge in [-0.25, -0.2) is 0 Å². The van der Waals surface area contributed by atoms with Crippen LogP contribution < -0.4 is 16.4 Å². The Labute approximate surface area is 161 Å². The van der Waals surface area contributed by atoms with Crippen molar-refractivity contribution in [2.24, 2.45) is 17.6 Å². The van der Waals surface area contributed by atoms with Crippen molar-refractivity contribution in [3.05, 3.63) is 29.8 Å². The molecule has 0 radical (unpaired) electrons. The number of nitrogens with one attached hydrogen (secondary N) is 2. The lowest BCUT2D eigenvalue weighted by Crippen LogP contribution is -2.46. The lowest BCUT2D eigenvalue weighted by Gasteiger charge is -2.31. The first-order chi connectivity index (χ1) is 12.9. The molecule has 1 heterocycles. The lowest BCUT2D eigenvalue weighted by atomic mass is 9.97. The van der Waals surface area contributed by atoms with Crippen LogP contribution >= 0.6 is 0 Å². The fourth-order valence-corrected chi connectivity index (χ4v) is 3.13. The molecule has 1 atom stereocenters. The van der Waals surface area contributed by atoms with E-state index in [0.717, 1.165) is 38.0 Å². The van der Waals surface area contributed by atoms with Gasteiger partial charge in [0, 0.05) is 18.8 Å². The van der Waals surface area contributed by atoms with E-state index in [2.05, 4.69) is 15.5 Å². The van der Waals surface area contributed by atoms with Gasteiger partial charge in [0.1, 0.15) is 0 Å². The number of benzene rings is 1. The quantitative estimate of drug-likeness (QED) is 0.540. The molecule has 0 saturated carbocycles. The number of nitrogens with zero attached hydrogens (tertiary/aromatic N) is 1. The maximum Gasteiger partial charge on any atom is 0.243 e. The second kappa shape index (κ2) is 10.4. The Morgan fingerprint density at radius 3 is 2.63 bits per heavy atom. The van der Waals surface area contributed by atoms with Gasteiger partial charge in [-0.1, -0.05) is 26.0 Å². The second-order valence-corrected chi connectivity index (χ2v) is 7.64. The van der Waals surface area contributed by atoms with Crippen molar-refractivity contribution in [2.45, 2.75) is 39.3 Å². The van der Waals surface area contributed by atoms with Crippen LogP contribution in [0.4, 0.5) is 5.69 Å². The molecule has 1 aromatic rings. The number of anilines is 1. The van der Waals surface area contributed by atoms with Crippen LogP contribution in [0.2, 0.25) is 0 Å². The molecule has 1 fully saturated rings. The number of carbonyl (C=O) groups excluding carboxylic acids is 2. The van der Waals surface area contributed by atoms with E-state index in [0.29, 0.717) is 11.6 Å². The smallest absolute Gasteiger partial charge is 0.243 e. The Hall–Kier alpha value is -1.96. The van der Waals surface area contributed by atoms with Gasteiger partial charge in [0.05, 0.1) is 12.6 Å². The molecule has 7 heteroatoms. The monoisotopic (exact) mass is 376 g/mol. The molecule has 1 aliphatic heterocycles. The van der Waals surface area contributed by atoms with Gasteiger partial charge in [-0.2, -0.15) is 0 Å². The molecule has 1 aliphatic rings. The summed E-state index contributed by atoms with van der Waals surface area (Å²) in [6, 6.07) is 7.13. The lowest BCUT2D eigenvalue weighted by molar-refractivity contribution is -0.125. The van der Waals surface area contributed by atoms with Gasteiger partial charge in [0.15, 0.2) is 0 Å². The van der Waals surface area contributed by atoms with Gasteiger partial charge in [0.25, 0.3) is 0 Å². The molecule has 2 rings (SSSR count). The first kappa shape index (κ1) is 21.3. The van der Waals surface area contributed by atoms with Gasteiger partial charge in [-0.3, -0.25) is 14.5 Å². The summed E-state index contributed by atoms with van der Waals surface area (Å²) in [5.74, 6) is -0.154. The Morgan fingerprint density at radius 2 is 2.00 bits per heavy atom. The average Bonchev–Trinajstić information content (AvgIpc) is 2.66. The molecule has 7 nitrogen and oxygen atoms in total. The van der Waals surface area contributed by atoms with Crippen molar-refractivity contribution >= 4 is 17.5 Å². The van der Waals surface area contributed by atoms with Crippen molar-refractivity contribution in [1.29, 1.82) is 0 Å². The summed E-state index contributed by atoms with van der Waals surface area (Å²) in [5.41, 5.74) is 7.60. The molecule has 2 amide bonds. The first-order valence-corrected chi connectivity index (χ1v) is 9.64. The summed E-state index contributed by atoms with van der Waals surface area (Å²) in [5, 5.41) is 14.6. The molecule has 1 saturated heterocycles. The SMILES string of the molecule is CC(C)[C@H](N)C(=O)NCC(=O)Nc1cccc(CN2CCC(CO)CC2)c1. The minimum absolute atomic E-state index is 0.0205. The zero-order chi connectivity index (χ0) is 19.8. The molecule has 0 spiro atoms. The molecule has 0 bridgehead atoms. The highest BCUT2D eigenvalue weighted by Gasteiger charge is 2.19. The number of rotatable bonds is 8. The van der Waals surface area contributed by atoms with Crippen LogP contribution in [0.5, 0.6) is 0 Å². The van der Waals surface area contributed by atoms with Gasteiger partial charge in [-0.15, -0.1) is 0 Å². The molecular formula is C20H32N4O3. The maximum atomic E-state index is 12.1. The van der Waals surface area contributed by atoms with E-state index >= 15 is 0 Å². The van der Waals surface area contributed by atoms with Gasteiger partial charge < -0.3 is 21.5 Å². The molecule has 150 valence electrons. The summed E-state index contributed by atoms with van der Waals surface area (Å²) < 4.78 is 0. The fraction of sp³-hybridized carbons (Fsp3) is 0.600. The standard InChI is InChI=1S/C20H32N4O3/c1-14(2)19(21)20(27)22-11-18(26)23-17-5-3-4-16(10-17)12-24-8-6-15(13-25)7-9-24/h3-5,10,14-15,19,25H,6-9,11-13,21H2,1-2H3,(H,22,27)(H,23,26)/t19-/m0/s1. The summed E-state index contributed by atoms with van der Waals surface area (Å²) in [4.78, 5) is 26.3. The van der Waals surface area contributed by atoms with Gasteiger partial charge >= 0.3 is 0 Å². The van der Waals surface area contributed by atoms with Crippen molar-refractivity contribution in [3.63, 3.8) is 0 Å². The predicted octanol–water partition coefficient (Wildman–Crippen LogP) is 0.929. The number of likely N-dealkylation sites (tertiary alicyclic amines) is 1. The average molecular weight is 377 g/mol. The number of nitrogens with two attached hydrogens (primary N) is 1. The zero-order valence-electron chi connectivity index (χ0n) is 16.3. The normalized spacial score (nSPS) is 16.9. The number of hydrogen-bond acceptors (Lipinski definition) is 5. The van der Waals surface area contributed by atoms with Crippen LogP contribution in [-0.2, 0) is 16.1 Å². The van der Waals surface area contributed by atoms with Gasteiger partial charge in [0.2, 0.25) is 11.8 Å². The summed E-state index contributed by atoms with van der Waals surface area (Å²) >= 11 is 0. The number of amides is 2. The van der Waals surface area contributed by atoms with Crippen molar-refractivity contribution < 1.29 is 14.7 Å². The summed E-state index contributed by atoms with van der Waals surface area (Å²) in [7, 11) is 0. The van der Waals surface area contributed by atoms with E-state index in [9.17, 15) is 14.7 Å². The Kier molecular flexibility index (Phi) is 8.22. The van der Waals surface area contributed by atoms with Crippen molar-refractivity contribution in [1.82, 2.24) is 10.2 Å². The number of aliphatic hydroxyl groups is 1. The second-order valence-electron chi connectivity index (χ2n) is 7.64. The third-order valence-corrected chi connectivity index (χ3v) is 5.03. The van der Waals surface area contributed by atoms with Crippen LogP contribution in [0, 0.1) is 11.8 Å². The van der Waals surface area contributed by atoms with Crippen LogP contribution in [0.1, 0.15) is 32.3 Å². The largest absolute Gasteiger partial charge is 0.396 e. The Balaban J connectivity index is 1.81. The molecule has 0 unspecified atom stereocenters. The molecular weight excluding hydrogens is 344 g/mol. The number of hydrogen-bond donors (Lipinski definition) is 4. The van der Waals surface area contributed by atoms with E-state index in [1.54, 1.807) is 0 Å². The highest BCUT2D eigenvalue weighted by molar-refractivity contribution is 5.95.